The van der Waals surface area contributed by atoms with Crippen LogP contribution in [0.25, 0.3) is 11.1 Å². The summed E-state index contributed by atoms with van der Waals surface area (Å²) >= 11 is 0. The lowest BCUT2D eigenvalue weighted by Gasteiger charge is -2.16. The molecule has 0 aliphatic carbocycles. The highest BCUT2D eigenvalue weighted by atomic mass is 19.1. The highest BCUT2D eigenvalue weighted by Gasteiger charge is 2.32. The molecule has 2 aromatic carbocycles. The molecular formula is C25H26FN3O4. The second-order valence-corrected chi connectivity index (χ2v) is 8.22. The van der Waals surface area contributed by atoms with Crippen LogP contribution in [0.1, 0.15) is 18.1 Å². The van der Waals surface area contributed by atoms with Crippen LogP contribution >= 0.6 is 0 Å². The third kappa shape index (κ3) is 5.59. The lowest BCUT2D eigenvalue weighted by Crippen LogP contribution is -2.33. The van der Waals surface area contributed by atoms with E-state index in [2.05, 4.69) is 10.2 Å². The lowest BCUT2D eigenvalue weighted by atomic mass is 10.0. The minimum atomic E-state index is -0.554. The zero-order valence-electron chi connectivity index (χ0n) is 18.6. The maximum absolute atomic E-state index is 14.9. The molecule has 0 radical (unpaired) electrons. The van der Waals surface area contributed by atoms with Gasteiger partial charge in [-0.05, 0) is 42.4 Å². The predicted molar refractivity (Wildman–Crippen MR) is 122 cm³/mol. The molecule has 1 atom stereocenters. The van der Waals surface area contributed by atoms with Crippen LogP contribution in [0.4, 0.5) is 14.9 Å². The quantitative estimate of drug-likeness (QED) is 0.556. The van der Waals surface area contributed by atoms with E-state index in [9.17, 15) is 14.0 Å². The van der Waals surface area contributed by atoms with E-state index in [0.717, 1.165) is 29.8 Å². The van der Waals surface area contributed by atoms with Crippen LogP contribution in [-0.2, 0) is 22.6 Å². The first kappa shape index (κ1) is 22.5. The molecule has 0 spiro atoms. The summed E-state index contributed by atoms with van der Waals surface area (Å²) in [6.45, 7) is 3.40. The van der Waals surface area contributed by atoms with Crippen LogP contribution < -0.4 is 10.2 Å². The molecular weight excluding hydrogens is 425 g/mol. The van der Waals surface area contributed by atoms with Crippen LogP contribution in [0.5, 0.6) is 0 Å². The van der Waals surface area contributed by atoms with Gasteiger partial charge in [0.1, 0.15) is 11.9 Å². The van der Waals surface area contributed by atoms with Gasteiger partial charge >= 0.3 is 6.09 Å². The molecule has 1 aliphatic heterocycles. The fourth-order valence-electron chi connectivity index (χ4n) is 3.85. The van der Waals surface area contributed by atoms with Crippen molar-refractivity contribution < 1.29 is 23.1 Å². The molecule has 1 fully saturated rings. The second kappa shape index (κ2) is 9.87. The molecule has 7 nitrogen and oxygen atoms in total. The number of carbonyl (C=O) groups excluding carboxylic acids is 2. The first-order valence-electron chi connectivity index (χ1n) is 10.7. The number of cyclic esters (lactones) is 1. The van der Waals surface area contributed by atoms with Crippen molar-refractivity contribution in [2.45, 2.75) is 26.1 Å². The Hall–Kier alpha value is -3.65. The summed E-state index contributed by atoms with van der Waals surface area (Å²) in [5.41, 5.74) is 3.86. The van der Waals surface area contributed by atoms with E-state index in [-0.39, 0.29) is 19.0 Å². The predicted octanol–water partition coefficient (Wildman–Crippen LogP) is 4.18. The Bertz CT molecular complexity index is 1120. The van der Waals surface area contributed by atoms with Crippen molar-refractivity contribution in [3.8, 4) is 11.1 Å². The highest BCUT2D eigenvalue weighted by molar-refractivity contribution is 5.90. The number of nitrogens with zero attached hydrogens (tertiary/aromatic N) is 2. The van der Waals surface area contributed by atoms with Gasteiger partial charge in [0.05, 0.1) is 31.3 Å². The molecule has 1 aromatic heterocycles. The van der Waals surface area contributed by atoms with Crippen LogP contribution in [-0.4, -0.2) is 43.1 Å². The Labute approximate surface area is 191 Å². The van der Waals surface area contributed by atoms with Gasteiger partial charge in [-0.25, -0.2) is 9.18 Å². The number of nitrogens with one attached hydrogen (secondary N) is 1. The number of benzene rings is 2. The summed E-state index contributed by atoms with van der Waals surface area (Å²) in [7, 11) is 2.03. The van der Waals surface area contributed by atoms with E-state index in [4.69, 9.17) is 9.15 Å². The molecule has 2 heterocycles. The van der Waals surface area contributed by atoms with E-state index in [1.165, 1.54) is 17.9 Å². The molecule has 1 N–H and O–H groups in total. The van der Waals surface area contributed by atoms with E-state index in [1.54, 1.807) is 24.7 Å². The smallest absolute Gasteiger partial charge is 0.414 e. The van der Waals surface area contributed by atoms with Gasteiger partial charge in [-0.2, -0.15) is 0 Å². The maximum Gasteiger partial charge on any atom is 0.414 e. The molecule has 3 aromatic rings. The van der Waals surface area contributed by atoms with E-state index < -0.39 is 18.0 Å². The minimum Gasteiger partial charge on any atom is -0.472 e. The Morgan fingerprint density at radius 1 is 1.15 bits per heavy atom. The summed E-state index contributed by atoms with van der Waals surface area (Å²) in [5.74, 6) is -0.619. The number of anilines is 1. The van der Waals surface area contributed by atoms with Crippen molar-refractivity contribution in [2.24, 2.45) is 0 Å². The van der Waals surface area contributed by atoms with Gasteiger partial charge in [-0.3, -0.25) is 14.6 Å². The summed E-state index contributed by atoms with van der Waals surface area (Å²) < 4.78 is 25.3. The number of hydrogen-bond acceptors (Lipinski definition) is 5. The van der Waals surface area contributed by atoms with Crippen LogP contribution in [0.3, 0.4) is 0 Å². The first-order chi connectivity index (χ1) is 15.9. The minimum absolute atomic E-state index is 0.199. The van der Waals surface area contributed by atoms with Gasteiger partial charge in [0.15, 0.2) is 0 Å². The molecule has 0 saturated carbocycles. The molecule has 33 heavy (non-hydrogen) atoms. The second-order valence-electron chi connectivity index (χ2n) is 8.22. The monoisotopic (exact) mass is 451 g/mol. The number of carbonyl (C=O) groups is 2. The largest absolute Gasteiger partial charge is 0.472 e. The fourth-order valence-corrected chi connectivity index (χ4v) is 3.85. The number of rotatable bonds is 8. The number of amides is 2. The molecule has 1 saturated heterocycles. The molecule has 8 heteroatoms. The Balaban J connectivity index is 1.40. The van der Waals surface area contributed by atoms with Crippen molar-refractivity contribution in [1.29, 1.82) is 0 Å². The summed E-state index contributed by atoms with van der Waals surface area (Å²) in [6.07, 6.45) is 2.37. The highest BCUT2D eigenvalue weighted by Crippen LogP contribution is 2.29. The molecule has 172 valence electrons. The number of furan rings is 1. The average molecular weight is 451 g/mol. The van der Waals surface area contributed by atoms with Gasteiger partial charge < -0.3 is 14.5 Å². The Morgan fingerprint density at radius 3 is 2.58 bits per heavy atom. The van der Waals surface area contributed by atoms with Gasteiger partial charge in [-0.1, -0.05) is 24.3 Å². The van der Waals surface area contributed by atoms with Gasteiger partial charge in [-0.15, -0.1) is 0 Å². The zero-order chi connectivity index (χ0) is 23.4. The summed E-state index contributed by atoms with van der Waals surface area (Å²) in [4.78, 5) is 26.8. The normalized spacial score (nSPS) is 15.7. The van der Waals surface area contributed by atoms with Crippen LogP contribution in [0, 0.1) is 5.82 Å². The topological polar surface area (TPSA) is 75.0 Å². The molecule has 0 bridgehead atoms. The van der Waals surface area contributed by atoms with Crippen molar-refractivity contribution in [3.63, 3.8) is 0 Å². The summed E-state index contributed by atoms with van der Waals surface area (Å²) in [6, 6.07) is 14.4. The van der Waals surface area contributed by atoms with Crippen LogP contribution in [0.15, 0.2) is 65.5 Å². The Kier molecular flexibility index (Phi) is 6.74. The number of hydrogen-bond donors (Lipinski definition) is 1. The van der Waals surface area contributed by atoms with E-state index in [1.807, 2.05) is 37.4 Å². The van der Waals surface area contributed by atoms with E-state index >= 15 is 0 Å². The van der Waals surface area contributed by atoms with Gasteiger partial charge in [0.2, 0.25) is 5.91 Å². The number of ether oxygens (including phenoxy) is 1. The lowest BCUT2D eigenvalue weighted by molar-refractivity contribution is -0.119. The van der Waals surface area contributed by atoms with Gasteiger partial charge in [0.25, 0.3) is 0 Å². The Morgan fingerprint density at radius 2 is 1.91 bits per heavy atom. The van der Waals surface area contributed by atoms with E-state index in [0.29, 0.717) is 11.3 Å². The third-order valence-electron chi connectivity index (χ3n) is 5.47. The standard InChI is InChI=1S/C25H26FN3O4/c1-17(30)27-12-22-15-29(25(31)33-22)21-7-8-23(24(26)11-21)20-5-3-18(4-6-20)13-28(2)14-19-9-10-32-16-19/h3-11,16,22H,12-15H2,1-2H3,(H,27,30)/t22-/m0/s1. The first-order valence-corrected chi connectivity index (χ1v) is 10.7. The molecule has 1 aliphatic rings. The third-order valence-corrected chi connectivity index (χ3v) is 5.47. The average Bonchev–Trinajstić information content (AvgIpc) is 3.42. The zero-order valence-corrected chi connectivity index (χ0v) is 18.6. The van der Waals surface area contributed by atoms with Crippen molar-refractivity contribution >= 4 is 17.7 Å². The van der Waals surface area contributed by atoms with Crippen molar-refractivity contribution in [3.05, 3.63) is 78.0 Å². The molecule has 2 amide bonds. The number of halogens is 1. The molecule has 0 unspecified atom stereocenters. The summed E-state index contributed by atoms with van der Waals surface area (Å²) in [5, 5.41) is 2.62. The van der Waals surface area contributed by atoms with Crippen molar-refractivity contribution in [2.75, 3.05) is 25.0 Å². The van der Waals surface area contributed by atoms with Crippen molar-refractivity contribution in [1.82, 2.24) is 10.2 Å². The SMILES string of the molecule is CC(=O)NC[C@H]1CN(c2ccc(-c3ccc(CN(C)Cc4ccoc4)cc3)c(F)c2)C(=O)O1. The molecule has 4 rings (SSSR count). The van der Waals surface area contributed by atoms with Gasteiger partial charge in [0, 0.05) is 31.1 Å². The fraction of sp³-hybridized carbons (Fsp3) is 0.280. The maximum atomic E-state index is 14.9. The van der Waals surface area contributed by atoms with Crippen LogP contribution in [0.2, 0.25) is 0 Å².